The van der Waals surface area contributed by atoms with E-state index in [4.69, 9.17) is 10.2 Å². The van der Waals surface area contributed by atoms with Gasteiger partial charge < -0.3 is 4.90 Å². The van der Waals surface area contributed by atoms with Gasteiger partial charge in [-0.1, -0.05) is 109 Å². The standard InChI is InChI=1S/C39H30N6/c1-7-19-31(20-8-1)43(32-21-9-2-10-22-32)37-38(44(33-23-11-3-12-24-33)34-25-13-4-14-26-34)40-42-41-39(37)45(35-27-15-5-16-28-35)36-29-17-6-18-30-36/h1-30H. The number of aromatic nitrogens is 3. The second-order valence-electron chi connectivity index (χ2n) is 10.3. The van der Waals surface area contributed by atoms with Crippen molar-refractivity contribution in [2.24, 2.45) is 0 Å². The lowest BCUT2D eigenvalue weighted by atomic mass is 10.1. The minimum Gasteiger partial charge on any atom is -0.304 e. The molecule has 7 aromatic rings. The molecule has 216 valence electrons. The van der Waals surface area contributed by atoms with Crippen molar-refractivity contribution >= 4 is 51.4 Å². The Balaban J connectivity index is 1.60. The molecule has 1 aromatic heterocycles. The summed E-state index contributed by atoms with van der Waals surface area (Å²) in [7, 11) is 0. The summed E-state index contributed by atoms with van der Waals surface area (Å²) >= 11 is 0. The van der Waals surface area contributed by atoms with Crippen LogP contribution in [0.2, 0.25) is 0 Å². The third-order valence-electron chi connectivity index (χ3n) is 7.44. The van der Waals surface area contributed by atoms with Crippen molar-refractivity contribution in [3.05, 3.63) is 182 Å². The lowest BCUT2D eigenvalue weighted by Crippen LogP contribution is -2.23. The average molecular weight is 583 g/mol. The molecule has 0 N–H and O–H groups in total. The summed E-state index contributed by atoms with van der Waals surface area (Å²) in [5, 5.41) is 14.1. The van der Waals surface area contributed by atoms with Crippen molar-refractivity contribution in [3.63, 3.8) is 0 Å². The lowest BCUT2D eigenvalue weighted by molar-refractivity contribution is 0.851. The average Bonchev–Trinajstić information content (AvgIpc) is 3.12. The number of rotatable bonds is 9. The molecule has 0 aliphatic heterocycles. The van der Waals surface area contributed by atoms with Gasteiger partial charge in [-0.05, 0) is 78.0 Å². The number of anilines is 9. The third-order valence-corrected chi connectivity index (χ3v) is 7.44. The Bertz CT molecular complexity index is 1720. The predicted molar refractivity (Wildman–Crippen MR) is 184 cm³/mol. The van der Waals surface area contributed by atoms with Gasteiger partial charge in [0.15, 0.2) is 11.6 Å². The van der Waals surface area contributed by atoms with Crippen molar-refractivity contribution in [2.75, 3.05) is 14.7 Å². The van der Waals surface area contributed by atoms with Gasteiger partial charge in [-0.3, -0.25) is 9.80 Å². The van der Waals surface area contributed by atoms with Gasteiger partial charge in [0.1, 0.15) is 5.69 Å². The van der Waals surface area contributed by atoms with Crippen LogP contribution < -0.4 is 14.7 Å². The molecule has 0 aliphatic carbocycles. The molecule has 7 rings (SSSR count). The molecule has 1 heterocycles. The fourth-order valence-corrected chi connectivity index (χ4v) is 5.46. The smallest absolute Gasteiger partial charge is 0.190 e. The Morgan fingerprint density at radius 2 is 0.489 bits per heavy atom. The quantitative estimate of drug-likeness (QED) is 0.169. The van der Waals surface area contributed by atoms with E-state index < -0.39 is 0 Å². The highest BCUT2D eigenvalue weighted by Gasteiger charge is 2.31. The largest absolute Gasteiger partial charge is 0.304 e. The van der Waals surface area contributed by atoms with Crippen molar-refractivity contribution in [3.8, 4) is 0 Å². The van der Waals surface area contributed by atoms with Crippen LogP contribution in [0.4, 0.5) is 51.4 Å². The molecule has 0 saturated heterocycles. The Hall–Kier alpha value is -6.27. The summed E-state index contributed by atoms with van der Waals surface area (Å²) in [6, 6.07) is 61.7. The second kappa shape index (κ2) is 12.9. The SMILES string of the molecule is c1ccc(N(c2ccccc2)c2nnnc(N(c3ccccc3)c3ccccc3)c2N(c2ccccc2)c2ccccc2)cc1. The monoisotopic (exact) mass is 582 g/mol. The Morgan fingerprint density at radius 1 is 0.267 bits per heavy atom. The zero-order chi connectivity index (χ0) is 30.3. The highest BCUT2D eigenvalue weighted by Crippen LogP contribution is 2.50. The van der Waals surface area contributed by atoms with Gasteiger partial charge >= 0.3 is 0 Å². The van der Waals surface area contributed by atoms with Gasteiger partial charge in [-0.2, -0.15) is 0 Å². The Kier molecular flexibility index (Phi) is 7.92. The van der Waals surface area contributed by atoms with Gasteiger partial charge in [-0.25, -0.2) is 0 Å². The predicted octanol–water partition coefficient (Wildman–Crippen LogP) is 10.3. The van der Waals surface area contributed by atoms with E-state index in [-0.39, 0.29) is 0 Å². The molecule has 0 unspecified atom stereocenters. The Morgan fingerprint density at radius 3 is 0.733 bits per heavy atom. The molecule has 0 saturated carbocycles. The molecular formula is C39H30N6. The van der Waals surface area contributed by atoms with Crippen molar-refractivity contribution in [2.45, 2.75) is 0 Å². The summed E-state index contributed by atoms with van der Waals surface area (Å²) in [5.41, 5.74) is 6.48. The van der Waals surface area contributed by atoms with Gasteiger partial charge in [-0.15, -0.1) is 10.2 Å². The van der Waals surface area contributed by atoms with E-state index in [1.807, 2.05) is 109 Å². The van der Waals surface area contributed by atoms with Crippen LogP contribution >= 0.6 is 0 Å². The van der Waals surface area contributed by atoms with Crippen LogP contribution in [0.15, 0.2) is 182 Å². The first-order valence-corrected chi connectivity index (χ1v) is 14.8. The zero-order valence-corrected chi connectivity index (χ0v) is 24.5. The summed E-state index contributed by atoms with van der Waals surface area (Å²) in [5.74, 6) is 1.25. The first kappa shape index (κ1) is 27.6. The fourth-order valence-electron chi connectivity index (χ4n) is 5.46. The third kappa shape index (κ3) is 5.72. The lowest BCUT2D eigenvalue weighted by Gasteiger charge is -2.35. The van der Waals surface area contributed by atoms with Crippen LogP contribution in [0.5, 0.6) is 0 Å². The van der Waals surface area contributed by atoms with E-state index in [1.165, 1.54) is 0 Å². The van der Waals surface area contributed by atoms with Crippen LogP contribution in [0.1, 0.15) is 0 Å². The van der Waals surface area contributed by atoms with Crippen molar-refractivity contribution in [1.82, 2.24) is 15.4 Å². The number of hydrogen-bond donors (Lipinski definition) is 0. The maximum absolute atomic E-state index is 4.83. The zero-order valence-electron chi connectivity index (χ0n) is 24.5. The van der Waals surface area contributed by atoms with Gasteiger partial charge in [0.05, 0.1) is 0 Å². The van der Waals surface area contributed by atoms with Gasteiger partial charge in [0.2, 0.25) is 0 Å². The molecule has 0 radical (unpaired) electrons. The first-order valence-electron chi connectivity index (χ1n) is 14.8. The molecule has 6 heteroatoms. The van der Waals surface area contributed by atoms with E-state index in [0.717, 1.165) is 39.8 Å². The first-order chi connectivity index (χ1) is 22.4. The molecule has 0 fully saturated rings. The van der Waals surface area contributed by atoms with Crippen LogP contribution in [0, 0.1) is 0 Å². The maximum Gasteiger partial charge on any atom is 0.190 e. The summed E-state index contributed by atoms with van der Waals surface area (Å²) in [6.07, 6.45) is 0. The molecule has 0 amide bonds. The summed E-state index contributed by atoms with van der Waals surface area (Å²) in [4.78, 5) is 6.49. The minimum absolute atomic E-state index is 0.627. The number of nitrogens with zero attached hydrogens (tertiary/aromatic N) is 6. The maximum atomic E-state index is 4.83. The summed E-state index contributed by atoms with van der Waals surface area (Å²) in [6.45, 7) is 0. The van der Waals surface area contributed by atoms with Crippen LogP contribution in [-0.2, 0) is 0 Å². The molecule has 6 aromatic carbocycles. The minimum atomic E-state index is 0.627. The van der Waals surface area contributed by atoms with E-state index >= 15 is 0 Å². The molecule has 45 heavy (non-hydrogen) atoms. The van der Waals surface area contributed by atoms with Crippen LogP contribution in [-0.4, -0.2) is 15.4 Å². The fraction of sp³-hybridized carbons (Fsp3) is 0. The molecule has 0 aliphatic rings. The normalized spacial score (nSPS) is 10.7. The topological polar surface area (TPSA) is 48.4 Å². The van der Waals surface area contributed by atoms with Crippen molar-refractivity contribution < 1.29 is 0 Å². The molecule has 0 bridgehead atoms. The number of para-hydroxylation sites is 6. The molecule has 6 nitrogen and oxygen atoms in total. The van der Waals surface area contributed by atoms with E-state index in [9.17, 15) is 0 Å². The molecular weight excluding hydrogens is 552 g/mol. The van der Waals surface area contributed by atoms with Crippen LogP contribution in [0.3, 0.4) is 0 Å². The van der Waals surface area contributed by atoms with Gasteiger partial charge in [0.25, 0.3) is 0 Å². The molecule has 0 atom stereocenters. The van der Waals surface area contributed by atoms with E-state index in [2.05, 4.69) is 92.7 Å². The molecule has 0 spiro atoms. The number of hydrogen-bond acceptors (Lipinski definition) is 6. The second-order valence-corrected chi connectivity index (χ2v) is 10.3. The van der Waals surface area contributed by atoms with E-state index in [1.54, 1.807) is 0 Å². The highest BCUT2D eigenvalue weighted by molar-refractivity contribution is 5.97. The van der Waals surface area contributed by atoms with Crippen LogP contribution in [0.25, 0.3) is 0 Å². The Labute approximate surface area is 263 Å². The summed E-state index contributed by atoms with van der Waals surface area (Å²) < 4.78 is 0. The van der Waals surface area contributed by atoms with Crippen molar-refractivity contribution in [1.29, 1.82) is 0 Å². The van der Waals surface area contributed by atoms with Gasteiger partial charge in [0, 0.05) is 34.1 Å². The van der Waals surface area contributed by atoms with E-state index in [0.29, 0.717) is 11.6 Å². The number of benzene rings is 6. The highest BCUT2D eigenvalue weighted by atomic mass is 15.4.